The Hall–Kier alpha value is -2.42. The number of amides is 2. The van der Waals surface area contributed by atoms with Gasteiger partial charge in [-0.05, 0) is 55.2 Å². The number of aryl methyl sites for hydroxylation is 3. The van der Waals surface area contributed by atoms with Crippen molar-refractivity contribution < 1.29 is 9.59 Å². The predicted octanol–water partition coefficient (Wildman–Crippen LogP) is 2.56. The lowest BCUT2D eigenvalue weighted by Gasteiger charge is -2.13. The van der Waals surface area contributed by atoms with Crippen LogP contribution < -0.4 is 10.6 Å². The van der Waals surface area contributed by atoms with Crippen molar-refractivity contribution in [2.75, 3.05) is 17.6 Å². The van der Waals surface area contributed by atoms with Crippen LogP contribution in [0.3, 0.4) is 0 Å². The zero-order chi connectivity index (χ0) is 20.1. The molecule has 1 aliphatic rings. The van der Waals surface area contributed by atoms with Gasteiger partial charge in [0.15, 0.2) is 0 Å². The van der Waals surface area contributed by atoms with Gasteiger partial charge in [0, 0.05) is 5.69 Å². The van der Waals surface area contributed by atoms with Gasteiger partial charge in [0.25, 0.3) is 0 Å². The fourth-order valence-electron chi connectivity index (χ4n) is 3.58. The highest BCUT2D eigenvalue weighted by Crippen LogP contribution is 2.31. The Morgan fingerprint density at radius 3 is 2.50 bits per heavy atom. The largest absolute Gasteiger partial charge is 0.346 e. The lowest BCUT2D eigenvalue weighted by molar-refractivity contribution is -0.122. The molecule has 0 radical (unpaired) electrons. The van der Waals surface area contributed by atoms with Crippen LogP contribution in [0.4, 0.5) is 5.69 Å². The van der Waals surface area contributed by atoms with E-state index in [-0.39, 0.29) is 24.1 Å². The summed E-state index contributed by atoms with van der Waals surface area (Å²) >= 11 is 1.29. The summed E-state index contributed by atoms with van der Waals surface area (Å²) in [5.74, 6) is -0.300. The van der Waals surface area contributed by atoms with Crippen LogP contribution in [0.1, 0.15) is 48.4 Å². The molecule has 1 aromatic carbocycles. The second-order valence-electron chi connectivity index (χ2n) is 7.23. The quantitative estimate of drug-likeness (QED) is 0.690. The SMILES string of the molecule is Cc1cc(C)c(NC(=O)CNC(=O)CSc2nnnn2C2CCCC2)c(C)c1. The highest BCUT2D eigenvalue weighted by atomic mass is 32.2. The molecule has 1 saturated carbocycles. The third kappa shape index (κ3) is 5.09. The van der Waals surface area contributed by atoms with Crippen LogP contribution in [0.2, 0.25) is 0 Å². The molecular weight excluding hydrogens is 376 g/mol. The van der Waals surface area contributed by atoms with E-state index >= 15 is 0 Å². The first kappa shape index (κ1) is 20.3. The lowest BCUT2D eigenvalue weighted by Crippen LogP contribution is -2.34. The summed E-state index contributed by atoms with van der Waals surface area (Å²) < 4.78 is 1.82. The molecule has 1 aromatic heterocycles. The Morgan fingerprint density at radius 1 is 1.14 bits per heavy atom. The molecule has 8 nitrogen and oxygen atoms in total. The molecule has 0 saturated heterocycles. The van der Waals surface area contributed by atoms with Gasteiger partial charge in [0.1, 0.15) is 0 Å². The van der Waals surface area contributed by atoms with Gasteiger partial charge >= 0.3 is 0 Å². The Labute approximate surface area is 168 Å². The monoisotopic (exact) mass is 402 g/mol. The fraction of sp³-hybridized carbons (Fsp3) is 0.526. The molecule has 2 amide bonds. The number of thioether (sulfide) groups is 1. The molecule has 1 heterocycles. The highest BCUT2D eigenvalue weighted by molar-refractivity contribution is 7.99. The first-order valence-corrected chi connectivity index (χ1v) is 10.5. The van der Waals surface area contributed by atoms with Crippen molar-refractivity contribution in [1.29, 1.82) is 0 Å². The maximum atomic E-state index is 12.2. The van der Waals surface area contributed by atoms with Crippen LogP contribution in [-0.4, -0.2) is 44.3 Å². The molecule has 2 N–H and O–H groups in total. The van der Waals surface area contributed by atoms with Crippen molar-refractivity contribution in [1.82, 2.24) is 25.5 Å². The van der Waals surface area contributed by atoms with Crippen molar-refractivity contribution in [2.45, 2.75) is 57.7 Å². The number of benzene rings is 1. The summed E-state index contributed by atoms with van der Waals surface area (Å²) in [5, 5.41) is 18.0. The van der Waals surface area contributed by atoms with E-state index in [0.29, 0.717) is 11.2 Å². The number of hydrogen-bond donors (Lipinski definition) is 2. The fourth-order valence-corrected chi connectivity index (χ4v) is 4.35. The lowest BCUT2D eigenvalue weighted by atomic mass is 10.1. The van der Waals surface area contributed by atoms with E-state index in [1.165, 1.54) is 24.6 Å². The molecule has 28 heavy (non-hydrogen) atoms. The maximum absolute atomic E-state index is 12.2. The Kier molecular flexibility index (Phi) is 6.66. The van der Waals surface area contributed by atoms with Crippen LogP contribution in [0.25, 0.3) is 0 Å². The van der Waals surface area contributed by atoms with Gasteiger partial charge in [-0.2, -0.15) is 0 Å². The standard InChI is InChI=1S/C19H26N6O2S/c1-12-8-13(2)18(14(3)9-12)21-16(26)10-20-17(27)11-28-19-22-23-24-25(19)15-6-4-5-7-15/h8-9,15H,4-7,10-11H2,1-3H3,(H,20,27)(H,21,26). The summed E-state index contributed by atoms with van der Waals surface area (Å²) in [6.45, 7) is 5.87. The molecule has 1 aliphatic carbocycles. The zero-order valence-corrected chi connectivity index (χ0v) is 17.3. The first-order chi connectivity index (χ1) is 13.4. The van der Waals surface area contributed by atoms with E-state index in [1.54, 1.807) is 0 Å². The van der Waals surface area contributed by atoms with E-state index in [9.17, 15) is 9.59 Å². The van der Waals surface area contributed by atoms with Gasteiger partial charge in [-0.1, -0.05) is 42.3 Å². The van der Waals surface area contributed by atoms with Crippen LogP contribution in [0.5, 0.6) is 0 Å². The second-order valence-corrected chi connectivity index (χ2v) is 8.17. The van der Waals surface area contributed by atoms with Gasteiger partial charge in [-0.15, -0.1) is 5.10 Å². The molecule has 0 unspecified atom stereocenters. The minimum Gasteiger partial charge on any atom is -0.346 e. The minimum absolute atomic E-state index is 0.0697. The molecular formula is C19H26N6O2S. The number of nitrogens with one attached hydrogen (secondary N) is 2. The van der Waals surface area contributed by atoms with E-state index in [1.807, 2.05) is 37.6 Å². The number of rotatable bonds is 7. The molecule has 3 rings (SSSR count). The van der Waals surface area contributed by atoms with E-state index in [4.69, 9.17) is 0 Å². The van der Waals surface area contributed by atoms with E-state index < -0.39 is 0 Å². The summed E-state index contributed by atoms with van der Waals surface area (Å²) in [6, 6.07) is 4.37. The van der Waals surface area contributed by atoms with E-state index in [0.717, 1.165) is 35.2 Å². The molecule has 2 aromatic rings. The van der Waals surface area contributed by atoms with Gasteiger partial charge in [-0.3, -0.25) is 9.59 Å². The van der Waals surface area contributed by atoms with Crippen molar-refractivity contribution in [2.24, 2.45) is 0 Å². The van der Waals surface area contributed by atoms with Crippen molar-refractivity contribution in [3.63, 3.8) is 0 Å². The predicted molar refractivity (Wildman–Crippen MR) is 108 cm³/mol. The molecule has 9 heteroatoms. The number of carbonyl (C=O) groups is 2. The van der Waals surface area contributed by atoms with Gasteiger partial charge < -0.3 is 10.6 Å². The molecule has 0 spiro atoms. The summed E-state index contributed by atoms with van der Waals surface area (Å²) in [6.07, 6.45) is 4.51. The Bertz CT molecular complexity index is 837. The first-order valence-electron chi connectivity index (χ1n) is 9.49. The Balaban J connectivity index is 1.46. The van der Waals surface area contributed by atoms with Crippen LogP contribution >= 0.6 is 11.8 Å². The number of tetrazole rings is 1. The zero-order valence-electron chi connectivity index (χ0n) is 16.5. The number of hydrogen-bond acceptors (Lipinski definition) is 6. The topological polar surface area (TPSA) is 102 Å². The number of nitrogens with zero attached hydrogens (tertiary/aromatic N) is 4. The molecule has 0 atom stereocenters. The summed E-state index contributed by atoms with van der Waals surface area (Å²) in [7, 11) is 0. The van der Waals surface area contributed by atoms with Crippen molar-refractivity contribution in [3.05, 3.63) is 28.8 Å². The highest BCUT2D eigenvalue weighted by Gasteiger charge is 2.22. The van der Waals surface area contributed by atoms with Gasteiger partial charge in [0.05, 0.1) is 18.3 Å². The minimum atomic E-state index is -0.246. The third-order valence-electron chi connectivity index (χ3n) is 4.85. The number of aromatic nitrogens is 4. The smallest absolute Gasteiger partial charge is 0.243 e. The Morgan fingerprint density at radius 2 is 1.82 bits per heavy atom. The number of anilines is 1. The molecule has 150 valence electrons. The third-order valence-corrected chi connectivity index (χ3v) is 5.79. The summed E-state index contributed by atoms with van der Waals surface area (Å²) in [4.78, 5) is 24.3. The van der Waals surface area contributed by atoms with Crippen LogP contribution in [0, 0.1) is 20.8 Å². The normalized spacial score (nSPS) is 14.2. The van der Waals surface area contributed by atoms with Crippen LogP contribution in [0.15, 0.2) is 17.3 Å². The van der Waals surface area contributed by atoms with Crippen LogP contribution in [-0.2, 0) is 9.59 Å². The van der Waals surface area contributed by atoms with Crippen molar-refractivity contribution in [3.8, 4) is 0 Å². The number of carbonyl (C=O) groups excluding carboxylic acids is 2. The van der Waals surface area contributed by atoms with Gasteiger partial charge in [0.2, 0.25) is 17.0 Å². The van der Waals surface area contributed by atoms with E-state index in [2.05, 4.69) is 26.2 Å². The maximum Gasteiger partial charge on any atom is 0.243 e. The molecule has 0 bridgehead atoms. The molecule has 1 fully saturated rings. The van der Waals surface area contributed by atoms with Gasteiger partial charge in [-0.25, -0.2) is 4.68 Å². The average Bonchev–Trinajstić information content (AvgIpc) is 3.32. The molecule has 0 aliphatic heterocycles. The van der Waals surface area contributed by atoms with Crippen molar-refractivity contribution >= 4 is 29.3 Å². The summed E-state index contributed by atoms with van der Waals surface area (Å²) in [5.41, 5.74) is 3.96. The second kappa shape index (κ2) is 9.18. The average molecular weight is 403 g/mol.